The van der Waals surface area contributed by atoms with Gasteiger partial charge in [0.2, 0.25) is 0 Å². The van der Waals surface area contributed by atoms with Crippen molar-refractivity contribution in [1.29, 1.82) is 0 Å². The summed E-state index contributed by atoms with van der Waals surface area (Å²) < 4.78 is 5.08. The van der Waals surface area contributed by atoms with Crippen LogP contribution in [0, 0.1) is 0 Å². The van der Waals surface area contributed by atoms with Gasteiger partial charge in [0.1, 0.15) is 5.75 Å². The highest BCUT2D eigenvalue weighted by molar-refractivity contribution is 5.74. The van der Waals surface area contributed by atoms with Crippen LogP contribution in [0.15, 0.2) is 24.3 Å². The van der Waals surface area contributed by atoms with Crippen molar-refractivity contribution in [3.63, 3.8) is 0 Å². The van der Waals surface area contributed by atoms with Crippen LogP contribution in [-0.2, 0) is 6.54 Å². The lowest BCUT2D eigenvalue weighted by atomic mass is 10.2. The molecule has 0 atom stereocenters. The van der Waals surface area contributed by atoms with E-state index >= 15 is 0 Å². The van der Waals surface area contributed by atoms with Crippen molar-refractivity contribution < 1.29 is 9.53 Å². The van der Waals surface area contributed by atoms with Gasteiger partial charge in [-0.1, -0.05) is 12.1 Å². The molecule has 2 amide bonds. The lowest BCUT2D eigenvalue weighted by molar-refractivity contribution is 0.204. The van der Waals surface area contributed by atoms with Gasteiger partial charge in [0.15, 0.2) is 0 Å². The van der Waals surface area contributed by atoms with E-state index in [9.17, 15) is 4.79 Å². The predicted molar refractivity (Wildman–Crippen MR) is 68.1 cm³/mol. The molecule has 94 valence electrons. The molecule has 0 bridgehead atoms. The zero-order chi connectivity index (χ0) is 12.8. The number of benzene rings is 1. The number of ether oxygens (including phenoxy) is 1. The highest BCUT2D eigenvalue weighted by atomic mass is 16.5. The number of hydrogen-bond donors (Lipinski definition) is 1. The zero-order valence-electron chi connectivity index (χ0n) is 10.9. The Bertz CT molecular complexity index is 360. The summed E-state index contributed by atoms with van der Waals surface area (Å²) in [5.41, 5.74) is 1.08. The van der Waals surface area contributed by atoms with Crippen molar-refractivity contribution in [2.24, 2.45) is 0 Å². The Balaban J connectivity index is 2.55. The van der Waals surface area contributed by atoms with Crippen LogP contribution in [0.1, 0.15) is 19.4 Å². The number of carbonyl (C=O) groups is 1. The van der Waals surface area contributed by atoms with E-state index in [0.29, 0.717) is 6.54 Å². The first-order chi connectivity index (χ1) is 8.02. The Hall–Kier alpha value is -1.71. The van der Waals surface area contributed by atoms with Crippen LogP contribution in [0.3, 0.4) is 0 Å². The molecule has 0 heterocycles. The first-order valence-corrected chi connectivity index (χ1v) is 5.67. The van der Waals surface area contributed by atoms with Crippen molar-refractivity contribution in [3.8, 4) is 5.75 Å². The summed E-state index contributed by atoms with van der Waals surface area (Å²) in [7, 11) is 3.42. The van der Waals surface area contributed by atoms with Crippen molar-refractivity contribution in [2.75, 3.05) is 14.2 Å². The molecule has 0 radical (unpaired) electrons. The van der Waals surface area contributed by atoms with E-state index in [2.05, 4.69) is 5.32 Å². The molecule has 1 aromatic carbocycles. The monoisotopic (exact) mass is 236 g/mol. The van der Waals surface area contributed by atoms with Crippen molar-refractivity contribution >= 4 is 6.03 Å². The molecule has 0 aliphatic carbocycles. The Kier molecular flexibility index (Phi) is 4.82. The molecule has 1 aromatic rings. The van der Waals surface area contributed by atoms with Gasteiger partial charge in [-0.15, -0.1) is 0 Å². The molecule has 4 heteroatoms. The predicted octanol–water partition coefficient (Wildman–Crippen LogP) is 2.25. The maximum absolute atomic E-state index is 11.7. The second kappa shape index (κ2) is 6.13. The minimum Gasteiger partial charge on any atom is -0.497 e. The molecule has 17 heavy (non-hydrogen) atoms. The molecule has 0 aliphatic rings. The molecule has 0 aliphatic heterocycles. The van der Waals surface area contributed by atoms with Gasteiger partial charge >= 0.3 is 6.03 Å². The standard InChI is InChI=1S/C13H20N2O2/c1-10(2)14-13(16)15(3)9-11-5-7-12(17-4)8-6-11/h5-8,10H,9H2,1-4H3,(H,14,16). The number of rotatable bonds is 4. The van der Waals surface area contributed by atoms with Gasteiger partial charge in [0.05, 0.1) is 7.11 Å². The van der Waals surface area contributed by atoms with E-state index in [1.54, 1.807) is 19.1 Å². The van der Waals surface area contributed by atoms with E-state index in [4.69, 9.17) is 4.74 Å². The average Bonchev–Trinajstić information content (AvgIpc) is 2.29. The first-order valence-electron chi connectivity index (χ1n) is 5.67. The van der Waals surface area contributed by atoms with Crippen molar-refractivity contribution in [1.82, 2.24) is 10.2 Å². The van der Waals surface area contributed by atoms with Crippen molar-refractivity contribution in [2.45, 2.75) is 26.4 Å². The van der Waals surface area contributed by atoms with Crippen LogP contribution < -0.4 is 10.1 Å². The summed E-state index contributed by atoms with van der Waals surface area (Å²) in [6, 6.07) is 7.79. The third-order valence-electron chi connectivity index (χ3n) is 2.34. The summed E-state index contributed by atoms with van der Waals surface area (Å²) in [6.07, 6.45) is 0. The number of amides is 2. The minimum atomic E-state index is -0.0594. The number of nitrogens with zero attached hydrogens (tertiary/aromatic N) is 1. The van der Waals surface area contributed by atoms with Gasteiger partial charge in [0, 0.05) is 19.6 Å². The molecule has 1 rings (SSSR count). The fourth-order valence-corrected chi connectivity index (χ4v) is 1.43. The van der Waals surface area contributed by atoms with Crippen molar-refractivity contribution in [3.05, 3.63) is 29.8 Å². The molecular weight excluding hydrogens is 216 g/mol. The smallest absolute Gasteiger partial charge is 0.317 e. The first kappa shape index (κ1) is 13.4. The maximum Gasteiger partial charge on any atom is 0.317 e. The molecule has 0 unspecified atom stereocenters. The molecule has 0 fully saturated rings. The van der Waals surface area contributed by atoms with Crippen LogP contribution in [-0.4, -0.2) is 31.1 Å². The summed E-state index contributed by atoms with van der Waals surface area (Å²) in [5, 5.41) is 2.85. The second-order valence-corrected chi connectivity index (χ2v) is 4.31. The lowest BCUT2D eigenvalue weighted by Gasteiger charge is -2.19. The number of methoxy groups -OCH3 is 1. The van der Waals surface area contributed by atoms with Crippen LogP contribution in [0.5, 0.6) is 5.75 Å². The number of urea groups is 1. The molecule has 0 spiro atoms. The molecule has 0 saturated carbocycles. The largest absolute Gasteiger partial charge is 0.497 e. The zero-order valence-corrected chi connectivity index (χ0v) is 10.9. The highest BCUT2D eigenvalue weighted by Crippen LogP contribution is 2.12. The fourth-order valence-electron chi connectivity index (χ4n) is 1.43. The minimum absolute atomic E-state index is 0.0594. The van der Waals surface area contributed by atoms with E-state index in [-0.39, 0.29) is 12.1 Å². The average molecular weight is 236 g/mol. The van der Waals surface area contributed by atoms with E-state index < -0.39 is 0 Å². The lowest BCUT2D eigenvalue weighted by Crippen LogP contribution is -2.40. The summed E-state index contributed by atoms with van der Waals surface area (Å²) in [5.74, 6) is 0.822. The Labute approximate surface area is 103 Å². The number of nitrogens with one attached hydrogen (secondary N) is 1. The highest BCUT2D eigenvalue weighted by Gasteiger charge is 2.09. The molecule has 1 N–H and O–H groups in total. The van der Waals surface area contributed by atoms with Crippen LogP contribution in [0.25, 0.3) is 0 Å². The third kappa shape index (κ3) is 4.34. The second-order valence-electron chi connectivity index (χ2n) is 4.31. The molecule has 4 nitrogen and oxygen atoms in total. The van der Waals surface area contributed by atoms with Gasteiger partial charge in [-0.05, 0) is 31.5 Å². The topological polar surface area (TPSA) is 41.6 Å². The van der Waals surface area contributed by atoms with Gasteiger partial charge < -0.3 is 15.0 Å². The van der Waals surface area contributed by atoms with Gasteiger partial charge in [-0.25, -0.2) is 4.79 Å². The number of hydrogen-bond acceptors (Lipinski definition) is 2. The van der Waals surface area contributed by atoms with E-state index in [0.717, 1.165) is 11.3 Å². The van der Waals surface area contributed by atoms with Crippen LogP contribution in [0.4, 0.5) is 4.79 Å². The summed E-state index contributed by atoms with van der Waals surface area (Å²) in [4.78, 5) is 13.3. The molecular formula is C13H20N2O2. The Morgan fingerprint density at radius 3 is 2.41 bits per heavy atom. The Morgan fingerprint density at radius 2 is 1.94 bits per heavy atom. The quantitative estimate of drug-likeness (QED) is 0.871. The molecule has 0 saturated heterocycles. The van der Waals surface area contributed by atoms with Gasteiger partial charge in [0.25, 0.3) is 0 Å². The normalized spacial score (nSPS) is 10.2. The maximum atomic E-state index is 11.7. The SMILES string of the molecule is COc1ccc(CN(C)C(=O)NC(C)C)cc1. The molecule has 0 aromatic heterocycles. The van der Waals surface area contributed by atoms with Crippen LogP contribution >= 0.6 is 0 Å². The summed E-state index contributed by atoms with van der Waals surface area (Å²) in [6.45, 7) is 4.47. The number of carbonyl (C=O) groups excluding carboxylic acids is 1. The van der Waals surface area contributed by atoms with Gasteiger partial charge in [-0.2, -0.15) is 0 Å². The van der Waals surface area contributed by atoms with E-state index in [1.165, 1.54) is 0 Å². The third-order valence-corrected chi connectivity index (χ3v) is 2.34. The fraction of sp³-hybridized carbons (Fsp3) is 0.462. The van der Waals surface area contributed by atoms with Gasteiger partial charge in [-0.3, -0.25) is 0 Å². The van der Waals surface area contributed by atoms with Crippen LogP contribution in [0.2, 0.25) is 0 Å². The summed E-state index contributed by atoms with van der Waals surface area (Å²) >= 11 is 0. The Morgan fingerprint density at radius 1 is 1.35 bits per heavy atom. The van der Waals surface area contributed by atoms with E-state index in [1.807, 2.05) is 38.1 Å².